The summed E-state index contributed by atoms with van der Waals surface area (Å²) in [6.45, 7) is 5.25. The molecule has 7 heteroatoms. The molecule has 2 aromatic rings. The number of likely N-dealkylation sites (N-methyl/N-ethyl adjacent to an activating group) is 1. The molecular weight excluding hydrogens is 410 g/mol. The van der Waals surface area contributed by atoms with Crippen molar-refractivity contribution >= 4 is 27.7 Å². The fourth-order valence-corrected chi connectivity index (χ4v) is 3.00. The van der Waals surface area contributed by atoms with Gasteiger partial charge in [0.25, 0.3) is 11.8 Å². The van der Waals surface area contributed by atoms with E-state index in [1.54, 1.807) is 18.2 Å². The van der Waals surface area contributed by atoms with Crippen molar-refractivity contribution in [2.75, 3.05) is 26.7 Å². The Morgan fingerprint density at radius 1 is 1.07 bits per heavy atom. The zero-order valence-corrected chi connectivity index (χ0v) is 17.3. The van der Waals surface area contributed by atoms with Gasteiger partial charge in [0.2, 0.25) is 0 Å². The normalized spacial score (nSPS) is 10.6. The minimum atomic E-state index is -0.378. The molecule has 0 bridgehead atoms. The Kier molecular flexibility index (Phi) is 7.82. The second kappa shape index (κ2) is 10.1. The summed E-state index contributed by atoms with van der Waals surface area (Å²) in [5.41, 5.74) is 7.59. The van der Waals surface area contributed by atoms with Crippen molar-refractivity contribution in [2.24, 2.45) is 0 Å². The van der Waals surface area contributed by atoms with Gasteiger partial charge in [-0.2, -0.15) is 0 Å². The number of benzene rings is 2. The van der Waals surface area contributed by atoms with E-state index in [4.69, 9.17) is 4.74 Å². The molecule has 0 aliphatic heterocycles. The number of carbonyl (C=O) groups excluding carboxylic acids is 2. The summed E-state index contributed by atoms with van der Waals surface area (Å²) < 4.78 is 6.41. The van der Waals surface area contributed by atoms with Crippen molar-refractivity contribution in [1.82, 2.24) is 15.8 Å². The molecule has 2 N–H and O–H groups in total. The van der Waals surface area contributed by atoms with E-state index in [9.17, 15) is 9.59 Å². The van der Waals surface area contributed by atoms with Gasteiger partial charge in [-0.1, -0.05) is 18.2 Å². The standard InChI is InChI=1S/C20H24BrN3O3/c1-14-10-15(2)12-16(11-14)27-9-8-24(3)13-19(25)22-23-20(26)17-6-4-5-7-18(17)21/h4-7,10-12H,8-9,13H2,1-3H3,(H,22,25)(H,23,26). The second-order valence-electron chi connectivity index (χ2n) is 6.39. The molecule has 0 fully saturated rings. The first-order chi connectivity index (χ1) is 12.8. The molecule has 2 amide bonds. The lowest BCUT2D eigenvalue weighted by Crippen LogP contribution is -2.46. The maximum Gasteiger partial charge on any atom is 0.270 e. The smallest absolute Gasteiger partial charge is 0.270 e. The van der Waals surface area contributed by atoms with Crippen LogP contribution in [0.25, 0.3) is 0 Å². The Labute approximate surface area is 168 Å². The summed E-state index contributed by atoms with van der Waals surface area (Å²) >= 11 is 3.31. The highest BCUT2D eigenvalue weighted by Crippen LogP contribution is 2.16. The number of hydrogen-bond donors (Lipinski definition) is 2. The van der Waals surface area contributed by atoms with Crippen molar-refractivity contribution in [3.05, 3.63) is 63.6 Å². The SMILES string of the molecule is Cc1cc(C)cc(OCCN(C)CC(=O)NNC(=O)c2ccccc2Br)c1. The van der Waals surface area contributed by atoms with E-state index in [0.717, 1.165) is 16.9 Å². The molecule has 2 rings (SSSR count). The zero-order chi connectivity index (χ0) is 19.8. The van der Waals surface area contributed by atoms with Gasteiger partial charge in [0.15, 0.2) is 0 Å². The zero-order valence-electron chi connectivity index (χ0n) is 15.7. The van der Waals surface area contributed by atoms with Crippen molar-refractivity contribution in [3.8, 4) is 5.75 Å². The summed E-state index contributed by atoms with van der Waals surface area (Å²) in [7, 11) is 1.82. The molecule has 0 unspecified atom stereocenters. The maximum atomic E-state index is 12.1. The summed E-state index contributed by atoms with van der Waals surface area (Å²) in [6, 6.07) is 13.1. The molecule has 2 aromatic carbocycles. The van der Waals surface area contributed by atoms with Crippen LogP contribution in [-0.2, 0) is 4.79 Å². The van der Waals surface area contributed by atoms with Crippen molar-refractivity contribution in [3.63, 3.8) is 0 Å². The quantitative estimate of drug-likeness (QED) is 0.658. The Morgan fingerprint density at radius 3 is 2.41 bits per heavy atom. The number of aryl methyl sites for hydroxylation is 2. The van der Waals surface area contributed by atoms with Gasteiger partial charge < -0.3 is 4.74 Å². The Morgan fingerprint density at radius 2 is 1.74 bits per heavy atom. The molecule has 0 heterocycles. The summed E-state index contributed by atoms with van der Waals surface area (Å²) in [5, 5.41) is 0. The summed E-state index contributed by atoms with van der Waals surface area (Å²) in [5.74, 6) is 0.145. The molecule has 0 saturated carbocycles. The molecule has 0 saturated heterocycles. The minimum absolute atomic E-state index is 0.145. The number of hydrazine groups is 1. The van der Waals surface area contributed by atoms with E-state index in [0.29, 0.717) is 23.2 Å². The Hall–Kier alpha value is -2.38. The first-order valence-corrected chi connectivity index (χ1v) is 9.38. The third kappa shape index (κ3) is 7.03. The van der Waals surface area contributed by atoms with Crippen LogP contribution >= 0.6 is 15.9 Å². The fourth-order valence-electron chi connectivity index (χ4n) is 2.54. The van der Waals surface area contributed by atoms with Crippen molar-refractivity contribution < 1.29 is 14.3 Å². The molecule has 27 heavy (non-hydrogen) atoms. The lowest BCUT2D eigenvalue weighted by Gasteiger charge is -2.17. The van der Waals surface area contributed by atoms with E-state index < -0.39 is 0 Å². The number of nitrogens with one attached hydrogen (secondary N) is 2. The van der Waals surface area contributed by atoms with Crippen LogP contribution in [0.15, 0.2) is 46.9 Å². The van der Waals surface area contributed by atoms with Gasteiger partial charge in [0.1, 0.15) is 12.4 Å². The number of ether oxygens (including phenoxy) is 1. The van der Waals surface area contributed by atoms with Crippen LogP contribution in [0.4, 0.5) is 0 Å². The molecule has 0 radical (unpaired) electrons. The highest BCUT2D eigenvalue weighted by Gasteiger charge is 2.11. The third-order valence-corrected chi connectivity index (χ3v) is 4.48. The number of nitrogens with zero attached hydrogens (tertiary/aromatic N) is 1. The van der Waals surface area contributed by atoms with Gasteiger partial charge in [0, 0.05) is 11.0 Å². The maximum absolute atomic E-state index is 12.1. The molecule has 0 atom stereocenters. The Balaban J connectivity index is 1.70. The van der Waals surface area contributed by atoms with Crippen LogP contribution in [-0.4, -0.2) is 43.5 Å². The topological polar surface area (TPSA) is 70.7 Å². The van der Waals surface area contributed by atoms with Gasteiger partial charge in [0.05, 0.1) is 12.1 Å². The predicted molar refractivity (Wildman–Crippen MR) is 109 cm³/mol. The fraction of sp³-hybridized carbons (Fsp3) is 0.300. The summed E-state index contributed by atoms with van der Waals surface area (Å²) in [6.07, 6.45) is 0. The molecular formula is C20H24BrN3O3. The van der Waals surface area contributed by atoms with E-state index in [-0.39, 0.29) is 18.4 Å². The second-order valence-corrected chi connectivity index (χ2v) is 7.25. The number of rotatable bonds is 7. The van der Waals surface area contributed by atoms with Crippen LogP contribution in [0.1, 0.15) is 21.5 Å². The number of halogens is 1. The van der Waals surface area contributed by atoms with Crippen LogP contribution < -0.4 is 15.6 Å². The van der Waals surface area contributed by atoms with Gasteiger partial charge in [-0.15, -0.1) is 0 Å². The van der Waals surface area contributed by atoms with Crippen LogP contribution in [0.5, 0.6) is 5.75 Å². The average molecular weight is 434 g/mol. The number of carbonyl (C=O) groups is 2. The van der Waals surface area contributed by atoms with Crippen molar-refractivity contribution in [1.29, 1.82) is 0 Å². The van der Waals surface area contributed by atoms with Crippen LogP contribution in [0.3, 0.4) is 0 Å². The highest BCUT2D eigenvalue weighted by atomic mass is 79.9. The number of amides is 2. The molecule has 0 aromatic heterocycles. The van der Waals surface area contributed by atoms with E-state index >= 15 is 0 Å². The van der Waals surface area contributed by atoms with Gasteiger partial charge in [-0.3, -0.25) is 25.3 Å². The molecule has 0 spiro atoms. The lowest BCUT2D eigenvalue weighted by atomic mass is 10.1. The summed E-state index contributed by atoms with van der Waals surface area (Å²) in [4.78, 5) is 25.8. The van der Waals surface area contributed by atoms with E-state index in [1.165, 1.54) is 0 Å². The molecule has 0 aliphatic carbocycles. The first kappa shape index (κ1) is 20.9. The Bertz CT molecular complexity index is 791. The van der Waals surface area contributed by atoms with E-state index in [2.05, 4.69) is 32.8 Å². The van der Waals surface area contributed by atoms with Crippen LogP contribution in [0, 0.1) is 13.8 Å². The average Bonchev–Trinajstić information content (AvgIpc) is 2.59. The van der Waals surface area contributed by atoms with Gasteiger partial charge >= 0.3 is 0 Å². The third-order valence-electron chi connectivity index (χ3n) is 3.78. The number of hydrogen-bond acceptors (Lipinski definition) is 4. The van der Waals surface area contributed by atoms with Gasteiger partial charge in [-0.25, -0.2) is 0 Å². The van der Waals surface area contributed by atoms with Crippen LogP contribution in [0.2, 0.25) is 0 Å². The minimum Gasteiger partial charge on any atom is -0.492 e. The van der Waals surface area contributed by atoms with Gasteiger partial charge in [-0.05, 0) is 72.2 Å². The largest absolute Gasteiger partial charge is 0.492 e. The van der Waals surface area contributed by atoms with Crippen molar-refractivity contribution in [2.45, 2.75) is 13.8 Å². The molecule has 6 nitrogen and oxygen atoms in total. The predicted octanol–water partition coefficient (Wildman–Crippen LogP) is 2.84. The lowest BCUT2D eigenvalue weighted by molar-refractivity contribution is -0.122. The molecule has 144 valence electrons. The van der Waals surface area contributed by atoms with E-state index in [1.807, 2.05) is 44.0 Å². The highest BCUT2D eigenvalue weighted by molar-refractivity contribution is 9.10. The monoisotopic (exact) mass is 433 g/mol. The molecule has 0 aliphatic rings. The first-order valence-electron chi connectivity index (χ1n) is 8.58.